The first-order chi connectivity index (χ1) is 9.04. The molecule has 0 aromatic carbocycles. The first kappa shape index (κ1) is 13.8. The van der Waals surface area contributed by atoms with E-state index in [1.807, 2.05) is 24.7 Å². The second-order valence-electron chi connectivity index (χ2n) is 3.98. The van der Waals surface area contributed by atoms with Crippen molar-refractivity contribution in [1.29, 1.82) is 0 Å². The molecule has 0 fully saturated rings. The van der Waals surface area contributed by atoms with E-state index in [1.165, 1.54) is 11.3 Å². The number of anilines is 2. The third kappa shape index (κ3) is 3.93. The maximum Gasteiger partial charge on any atom is 0.313 e. The van der Waals surface area contributed by atoms with E-state index in [-0.39, 0.29) is 5.75 Å². The molecule has 2 heterocycles. The molecule has 0 aliphatic carbocycles. The van der Waals surface area contributed by atoms with Crippen LogP contribution in [0.25, 0.3) is 0 Å². The van der Waals surface area contributed by atoms with Gasteiger partial charge in [0.05, 0.1) is 17.6 Å². The molecule has 0 aliphatic heterocycles. The van der Waals surface area contributed by atoms with Gasteiger partial charge in [0.1, 0.15) is 0 Å². The topological polar surface area (TPSA) is 92.9 Å². The highest BCUT2D eigenvalue weighted by molar-refractivity contribution is 8.01. The number of carbonyl (C=O) groups is 1. The van der Waals surface area contributed by atoms with Gasteiger partial charge >= 0.3 is 5.97 Å². The lowest BCUT2D eigenvalue weighted by molar-refractivity contribution is -0.133. The fourth-order valence-electron chi connectivity index (χ4n) is 1.25. The minimum Gasteiger partial charge on any atom is -0.481 e. The third-order valence-corrected chi connectivity index (χ3v) is 4.06. The summed E-state index contributed by atoms with van der Waals surface area (Å²) >= 11 is 2.47. The zero-order chi connectivity index (χ0) is 13.8. The maximum absolute atomic E-state index is 10.4. The zero-order valence-corrected chi connectivity index (χ0v) is 12.0. The molecular formula is C10H13N5O2S2. The summed E-state index contributed by atoms with van der Waals surface area (Å²) in [6, 6.07) is 0.298. The molecule has 7 nitrogen and oxygen atoms in total. The molecule has 0 saturated carbocycles. The normalized spacial score (nSPS) is 10.9. The highest BCUT2D eigenvalue weighted by Crippen LogP contribution is 2.27. The number of nitrogens with zero attached hydrogens (tertiary/aromatic N) is 4. The van der Waals surface area contributed by atoms with Crippen LogP contribution in [0.5, 0.6) is 0 Å². The van der Waals surface area contributed by atoms with Crippen molar-refractivity contribution in [2.24, 2.45) is 0 Å². The Morgan fingerprint density at radius 1 is 1.58 bits per heavy atom. The number of hydrogen-bond acceptors (Lipinski definition) is 7. The maximum atomic E-state index is 10.4. The monoisotopic (exact) mass is 299 g/mol. The summed E-state index contributed by atoms with van der Waals surface area (Å²) in [5, 5.41) is 24.4. The number of carboxylic acid groups (broad SMARTS) is 1. The molecule has 19 heavy (non-hydrogen) atoms. The molecule has 2 aromatic heterocycles. The van der Waals surface area contributed by atoms with E-state index < -0.39 is 5.97 Å². The lowest BCUT2D eigenvalue weighted by Crippen LogP contribution is -1.99. The van der Waals surface area contributed by atoms with Gasteiger partial charge in [-0.3, -0.25) is 9.48 Å². The fraction of sp³-hybridized carbons (Fsp3) is 0.400. The predicted molar refractivity (Wildman–Crippen MR) is 74.2 cm³/mol. The fourth-order valence-corrected chi connectivity index (χ4v) is 2.74. The minimum absolute atomic E-state index is 0.0140. The average Bonchev–Trinajstić information content (AvgIpc) is 2.96. The minimum atomic E-state index is -0.868. The molecule has 0 bridgehead atoms. The van der Waals surface area contributed by atoms with Crippen LogP contribution in [-0.4, -0.2) is 36.8 Å². The second-order valence-corrected chi connectivity index (χ2v) is 6.18. The van der Waals surface area contributed by atoms with Gasteiger partial charge < -0.3 is 10.4 Å². The van der Waals surface area contributed by atoms with Crippen LogP contribution in [0.4, 0.5) is 10.8 Å². The average molecular weight is 299 g/mol. The van der Waals surface area contributed by atoms with Gasteiger partial charge in [0.25, 0.3) is 0 Å². The summed E-state index contributed by atoms with van der Waals surface area (Å²) in [5.74, 6) is -0.882. The highest BCUT2D eigenvalue weighted by atomic mass is 32.2. The van der Waals surface area contributed by atoms with Gasteiger partial charge in [0.2, 0.25) is 5.13 Å². The predicted octanol–water partition coefficient (Wildman–Crippen LogP) is 2.24. The summed E-state index contributed by atoms with van der Waals surface area (Å²) < 4.78 is 2.46. The molecule has 0 aliphatic rings. The van der Waals surface area contributed by atoms with Crippen molar-refractivity contribution < 1.29 is 9.90 Å². The van der Waals surface area contributed by atoms with Crippen molar-refractivity contribution in [2.45, 2.75) is 24.2 Å². The van der Waals surface area contributed by atoms with Gasteiger partial charge in [0, 0.05) is 12.2 Å². The quantitative estimate of drug-likeness (QED) is 0.790. The summed E-state index contributed by atoms with van der Waals surface area (Å²) in [5.41, 5.74) is 0.833. The molecule has 2 rings (SSSR count). The largest absolute Gasteiger partial charge is 0.481 e. The van der Waals surface area contributed by atoms with Crippen LogP contribution in [0.1, 0.15) is 19.9 Å². The number of hydrogen-bond donors (Lipinski definition) is 2. The summed E-state index contributed by atoms with van der Waals surface area (Å²) in [6.45, 7) is 4.09. The van der Waals surface area contributed by atoms with Crippen LogP contribution < -0.4 is 5.32 Å². The Bertz CT molecular complexity index is 566. The van der Waals surface area contributed by atoms with Crippen molar-refractivity contribution in [3.63, 3.8) is 0 Å². The van der Waals surface area contributed by atoms with Crippen molar-refractivity contribution in [3.05, 3.63) is 12.4 Å². The standard InChI is InChI=1S/C10H13N5O2S2/c1-6(2)15-4-7(3-11-15)12-9-13-14-10(19-9)18-5-8(16)17/h3-4,6H,5H2,1-2H3,(H,12,13)(H,16,17). The van der Waals surface area contributed by atoms with Crippen molar-refractivity contribution in [2.75, 3.05) is 11.1 Å². The van der Waals surface area contributed by atoms with Gasteiger partial charge in [-0.25, -0.2) is 0 Å². The van der Waals surface area contributed by atoms with Gasteiger partial charge in [-0.05, 0) is 13.8 Å². The number of aromatic nitrogens is 4. The molecule has 0 amide bonds. The van der Waals surface area contributed by atoms with Crippen molar-refractivity contribution in [1.82, 2.24) is 20.0 Å². The van der Waals surface area contributed by atoms with E-state index in [0.717, 1.165) is 17.4 Å². The molecule has 2 aromatic rings. The van der Waals surface area contributed by atoms with Crippen LogP contribution in [0.2, 0.25) is 0 Å². The summed E-state index contributed by atoms with van der Waals surface area (Å²) in [6.07, 6.45) is 3.60. The summed E-state index contributed by atoms with van der Waals surface area (Å²) in [4.78, 5) is 10.4. The van der Waals surface area contributed by atoms with Crippen LogP contribution in [0.3, 0.4) is 0 Å². The first-order valence-corrected chi connectivity index (χ1v) is 7.34. The molecular weight excluding hydrogens is 286 g/mol. The number of aliphatic carboxylic acids is 1. The Kier molecular flexibility index (Phi) is 4.38. The second kappa shape index (κ2) is 6.02. The van der Waals surface area contributed by atoms with Crippen LogP contribution in [-0.2, 0) is 4.79 Å². The van der Waals surface area contributed by atoms with Gasteiger partial charge in [-0.15, -0.1) is 10.2 Å². The van der Waals surface area contributed by atoms with Crippen molar-refractivity contribution >= 4 is 39.9 Å². The Labute approximate surface area is 118 Å². The molecule has 0 atom stereocenters. The number of carboxylic acids is 1. The van der Waals surface area contributed by atoms with E-state index in [1.54, 1.807) is 6.20 Å². The summed E-state index contributed by atoms with van der Waals surface area (Å²) in [7, 11) is 0. The lowest BCUT2D eigenvalue weighted by Gasteiger charge is -2.02. The molecule has 0 unspecified atom stereocenters. The Hall–Kier alpha value is -1.61. The third-order valence-electron chi connectivity index (χ3n) is 2.11. The Morgan fingerprint density at radius 2 is 2.37 bits per heavy atom. The molecule has 0 saturated heterocycles. The molecule has 0 spiro atoms. The molecule has 9 heteroatoms. The van der Waals surface area contributed by atoms with Crippen LogP contribution in [0.15, 0.2) is 16.7 Å². The molecule has 0 radical (unpaired) electrons. The number of thioether (sulfide) groups is 1. The Morgan fingerprint density at radius 3 is 3.00 bits per heavy atom. The smallest absolute Gasteiger partial charge is 0.313 e. The number of rotatable bonds is 6. The van der Waals surface area contributed by atoms with E-state index in [4.69, 9.17) is 5.11 Å². The van der Waals surface area contributed by atoms with E-state index in [0.29, 0.717) is 15.5 Å². The number of nitrogens with one attached hydrogen (secondary N) is 1. The zero-order valence-electron chi connectivity index (χ0n) is 10.4. The van der Waals surface area contributed by atoms with Crippen LogP contribution in [0, 0.1) is 0 Å². The van der Waals surface area contributed by atoms with Crippen LogP contribution >= 0.6 is 23.1 Å². The van der Waals surface area contributed by atoms with Crippen molar-refractivity contribution in [3.8, 4) is 0 Å². The first-order valence-electron chi connectivity index (χ1n) is 5.54. The molecule has 2 N–H and O–H groups in total. The lowest BCUT2D eigenvalue weighted by atomic mass is 10.4. The Balaban J connectivity index is 1.97. The van der Waals surface area contributed by atoms with E-state index in [2.05, 4.69) is 20.6 Å². The highest BCUT2D eigenvalue weighted by Gasteiger charge is 2.08. The SMILES string of the molecule is CC(C)n1cc(Nc2nnc(SCC(=O)O)s2)cn1. The van der Waals surface area contributed by atoms with E-state index in [9.17, 15) is 4.79 Å². The molecule has 102 valence electrons. The van der Waals surface area contributed by atoms with Gasteiger partial charge in [-0.1, -0.05) is 23.1 Å². The van der Waals surface area contributed by atoms with E-state index >= 15 is 0 Å². The van der Waals surface area contributed by atoms with Gasteiger partial charge in [-0.2, -0.15) is 5.10 Å². The van der Waals surface area contributed by atoms with Gasteiger partial charge in [0.15, 0.2) is 4.34 Å².